The van der Waals surface area contributed by atoms with Crippen molar-refractivity contribution >= 4 is 112 Å². The van der Waals surface area contributed by atoms with Crippen molar-refractivity contribution in [2.24, 2.45) is 0 Å². The molecule has 0 aliphatic carbocycles. The molecule has 0 saturated carbocycles. The fourth-order valence-corrected chi connectivity index (χ4v) is 14.6. The lowest BCUT2D eigenvalue weighted by Crippen LogP contribution is -2.09. The highest BCUT2D eigenvalue weighted by Crippen LogP contribution is 2.53. The van der Waals surface area contributed by atoms with Crippen molar-refractivity contribution in [2.75, 3.05) is 0 Å². The molecular weight excluding hydrogens is 1060 g/mol. The molecule has 84 heavy (non-hydrogen) atoms. The van der Waals surface area contributed by atoms with Gasteiger partial charge in [-0.2, -0.15) is 0 Å². The molecule has 0 fully saturated rings. The van der Waals surface area contributed by atoms with Gasteiger partial charge in [-0.3, -0.25) is 0 Å². The standard InChI is InChI=1S/C76H44N6S2/c1-77-60-45-59(76-79-74(49-27-13-5-14-28-49)78-75(80-76)50-29-15-6-16-30-50)67(48-25-11-4-12-26-48)71(82-62-40-36-52(47-23-9-3-10-24-47)44-58(62)69-64(82)42-38-56-54-32-18-20-34-66(54)84-73(56)69)70(60)81-61-39-35-51(46-21-7-2-8-22-46)43-57(61)68-63(81)41-37-55-53-31-17-19-33-65(53)83-72(55)68/h2-45H/i4D,5D,6D,11D,12D,13D,14D,15D,16D,25D,26D,27D,28D,29D,30D. The van der Waals surface area contributed by atoms with E-state index < -0.39 is 125 Å². The maximum atomic E-state index is 10.2. The smallest absolute Gasteiger partial charge is 0.213 e. The third kappa shape index (κ3) is 7.43. The van der Waals surface area contributed by atoms with Crippen LogP contribution < -0.4 is 0 Å². The highest BCUT2D eigenvalue weighted by Gasteiger charge is 2.31. The normalized spacial score (nSPS) is 14.3. The molecule has 17 rings (SSSR count). The number of aromatic nitrogens is 5. The number of thiophene rings is 2. The monoisotopic (exact) mass is 1120 g/mol. The number of fused-ring (bicyclic) bond motifs is 14. The lowest BCUT2D eigenvalue weighted by molar-refractivity contribution is 1.07. The summed E-state index contributed by atoms with van der Waals surface area (Å²) in [5.41, 5.74) is 4.21. The van der Waals surface area contributed by atoms with E-state index in [0.29, 0.717) is 22.1 Å². The quantitative estimate of drug-likeness (QED) is 0.143. The number of nitrogens with zero attached hydrogens (tertiary/aromatic N) is 6. The molecule has 12 aromatic carbocycles. The zero-order valence-electron chi connectivity index (χ0n) is 58.7. The number of rotatable bonds is 8. The van der Waals surface area contributed by atoms with E-state index in [1.165, 1.54) is 6.07 Å². The Hall–Kier alpha value is -10.8. The molecule has 0 amide bonds. The van der Waals surface area contributed by atoms with E-state index in [9.17, 15) is 17.5 Å². The van der Waals surface area contributed by atoms with E-state index in [2.05, 4.69) is 52.3 Å². The van der Waals surface area contributed by atoms with Gasteiger partial charge in [-0.05, 0) is 82.4 Å². The van der Waals surface area contributed by atoms with Crippen LogP contribution in [0.4, 0.5) is 5.69 Å². The van der Waals surface area contributed by atoms with Gasteiger partial charge in [0.2, 0.25) is 5.69 Å². The molecule has 0 bridgehead atoms. The second-order valence-corrected chi connectivity index (χ2v) is 22.3. The lowest BCUT2D eigenvalue weighted by Gasteiger charge is -2.25. The summed E-state index contributed by atoms with van der Waals surface area (Å²) in [6.07, 6.45) is 0. The summed E-state index contributed by atoms with van der Waals surface area (Å²) in [6, 6.07) is 46.6. The zero-order valence-corrected chi connectivity index (χ0v) is 45.4. The Morgan fingerprint density at radius 1 is 0.357 bits per heavy atom. The molecule has 0 spiro atoms. The van der Waals surface area contributed by atoms with Gasteiger partial charge >= 0.3 is 0 Å². The minimum atomic E-state index is -0.774. The average molecular weight is 1120 g/mol. The molecule has 5 heterocycles. The van der Waals surface area contributed by atoms with E-state index >= 15 is 0 Å². The predicted molar refractivity (Wildman–Crippen MR) is 353 cm³/mol. The van der Waals surface area contributed by atoms with E-state index in [-0.39, 0.29) is 28.2 Å². The Kier molecular flexibility index (Phi) is 8.01. The molecule has 0 aliphatic heterocycles. The van der Waals surface area contributed by atoms with Crippen LogP contribution in [0.1, 0.15) is 20.6 Å². The summed E-state index contributed by atoms with van der Waals surface area (Å²) >= 11 is 3.21. The summed E-state index contributed by atoms with van der Waals surface area (Å²) < 4.78 is 146. The predicted octanol–water partition coefficient (Wildman–Crippen LogP) is 21.4. The maximum absolute atomic E-state index is 10.2. The van der Waals surface area contributed by atoms with Crippen LogP contribution in [0.15, 0.2) is 267 Å². The Bertz CT molecular complexity index is 6340. The van der Waals surface area contributed by atoms with Crippen molar-refractivity contribution in [3.05, 3.63) is 278 Å². The SMILES string of the molecule is [2H]c1c([2H])c([2H])c(-c2nc(-c3cc([N+]#[C-])c(-n4c5ccc(-c6ccccc6)cc5c5c6sc7ccccc7c6ccc54)c(-n4c5ccc(-c6ccccc6)cc5c5c6sc7ccccc7c6ccc54)c3-c3c([2H])c([2H])c([2H])c([2H])c3[2H])nc(-c3c([2H])c([2H])c([2H])c([2H])c3[2H])n2)c([2H])c1[2H]. The first kappa shape index (κ1) is 35.1. The minimum absolute atomic E-state index is 0.0847. The molecule has 0 radical (unpaired) electrons. The Morgan fingerprint density at radius 3 is 1.27 bits per heavy atom. The largest absolute Gasteiger partial charge is 0.317 e. The average Bonchev–Trinajstić information content (AvgIpc) is 1.58. The van der Waals surface area contributed by atoms with E-state index in [4.69, 9.17) is 19.6 Å². The van der Waals surface area contributed by atoms with Crippen LogP contribution in [0.2, 0.25) is 0 Å². The Morgan fingerprint density at radius 2 is 0.786 bits per heavy atom. The second-order valence-electron chi connectivity index (χ2n) is 20.2. The number of hydrogen-bond acceptors (Lipinski definition) is 5. The van der Waals surface area contributed by atoms with Gasteiger partial charge in [-0.1, -0.05) is 212 Å². The number of benzene rings is 12. The van der Waals surface area contributed by atoms with Crippen molar-refractivity contribution in [3.8, 4) is 78.9 Å². The van der Waals surface area contributed by atoms with Crippen molar-refractivity contribution in [3.63, 3.8) is 0 Å². The van der Waals surface area contributed by atoms with Gasteiger partial charge in [-0.25, -0.2) is 19.8 Å². The van der Waals surface area contributed by atoms with Crippen LogP contribution in [-0.2, 0) is 0 Å². The Labute approximate surface area is 511 Å². The van der Waals surface area contributed by atoms with Crippen molar-refractivity contribution in [1.29, 1.82) is 0 Å². The van der Waals surface area contributed by atoms with Crippen LogP contribution in [0, 0.1) is 6.57 Å². The van der Waals surface area contributed by atoms with Crippen LogP contribution in [0.3, 0.4) is 0 Å². The minimum Gasteiger partial charge on any atom is -0.317 e. The van der Waals surface area contributed by atoms with Crippen LogP contribution >= 0.6 is 22.7 Å². The summed E-state index contributed by atoms with van der Waals surface area (Å²) in [7, 11) is 0. The van der Waals surface area contributed by atoms with Gasteiger partial charge in [0.05, 0.1) is 60.6 Å². The summed E-state index contributed by atoms with van der Waals surface area (Å²) in [4.78, 5) is 19.0. The van der Waals surface area contributed by atoms with Crippen molar-refractivity contribution < 1.29 is 20.6 Å². The third-order valence-electron chi connectivity index (χ3n) is 15.7. The first-order valence-electron chi connectivity index (χ1n) is 34.3. The molecule has 0 aliphatic rings. The molecule has 17 aromatic rings. The van der Waals surface area contributed by atoms with E-state index in [1.807, 2.05) is 137 Å². The van der Waals surface area contributed by atoms with Gasteiger partial charge in [-0.15, -0.1) is 22.7 Å². The van der Waals surface area contributed by atoms with Gasteiger partial charge in [0.15, 0.2) is 17.5 Å². The van der Waals surface area contributed by atoms with E-state index in [1.54, 1.807) is 22.7 Å². The summed E-state index contributed by atoms with van der Waals surface area (Å²) in [6.45, 7) is 9.69. The van der Waals surface area contributed by atoms with Crippen LogP contribution in [0.25, 0.3) is 168 Å². The second kappa shape index (κ2) is 19.2. The molecule has 0 N–H and O–H groups in total. The van der Waals surface area contributed by atoms with Crippen LogP contribution in [-0.4, -0.2) is 24.1 Å². The maximum Gasteiger partial charge on any atom is 0.213 e. The molecule has 6 nitrogen and oxygen atoms in total. The molecule has 0 unspecified atom stereocenters. The van der Waals surface area contributed by atoms with Gasteiger partial charge < -0.3 is 9.13 Å². The van der Waals surface area contributed by atoms with Gasteiger partial charge in [0, 0.05) is 84.1 Å². The Balaban J connectivity index is 1.14. The summed E-state index contributed by atoms with van der Waals surface area (Å²) in [5.74, 6) is -1.75. The van der Waals surface area contributed by atoms with Gasteiger partial charge in [0.25, 0.3) is 0 Å². The topological polar surface area (TPSA) is 52.9 Å². The summed E-state index contributed by atoms with van der Waals surface area (Å²) in [5, 5.41) is 7.12. The lowest BCUT2D eigenvalue weighted by atomic mass is 9.93. The highest BCUT2D eigenvalue weighted by molar-refractivity contribution is 7.27. The third-order valence-corrected chi connectivity index (χ3v) is 18.1. The molecule has 0 saturated heterocycles. The zero-order chi connectivity index (χ0) is 68.5. The molecule has 0 atom stereocenters. The highest BCUT2D eigenvalue weighted by atomic mass is 32.1. The van der Waals surface area contributed by atoms with Gasteiger partial charge in [0.1, 0.15) is 0 Å². The first-order valence-corrected chi connectivity index (χ1v) is 28.4. The van der Waals surface area contributed by atoms with Crippen LogP contribution in [0.5, 0.6) is 0 Å². The molecule has 390 valence electrons. The number of hydrogen-bond donors (Lipinski definition) is 0. The van der Waals surface area contributed by atoms with Crippen molar-refractivity contribution in [2.45, 2.75) is 0 Å². The molecular formula is C76H44N6S2. The first-order chi connectivity index (χ1) is 47.8. The molecule has 8 heteroatoms. The molecule has 5 aromatic heterocycles. The van der Waals surface area contributed by atoms with Crippen molar-refractivity contribution in [1.82, 2.24) is 24.1 Å². The van der Waals surface area contributed by atoms with E-state index in [0.717, 1.165) is 84.1 Å². The fraction of sp³-hybridized carbons (Fsp3) is 0. The fourth-order valence-electron chi connectivity index (χ4n) is 12.1.